The molecule has 6 nitrogen and oxygen atoms in total. The molecule has 4 rings (SSSR count). The fraction of sp³-hybridized carbons (Fsp3) is 0.310. The second-order valence-corrected chi connectivity index (χ2v) is 8.77. The Morgan fingerprint density at radius 2 is 1.57 bits per heavy atom. The number of anilines is 2. The minimum absolute atomic E-state index is 0.105. The quantitative estimate of drug-likeness (QED) is 0.423. The molecule has 35 heavy (non-hydrogen) atoms. The number of hydrogen-bond donors (Lipinski definition) is 0. The molecule has 0 aliphatic carbocycles. The molecule has 1 aliphatic rings. The number of benzene rings is 3. The van der Waals surface area contributed by atoms with E-state index in [2.05, 4.69) is 0 Å². The summed E-state index contributed by atoms with van der Waals surface area (Å²) in [5.74, 6) is 0.599. The van der Waals surface area contributed by atoms with E-state index in [0.29, 0.717) is 43.2 Å². The highest BCUT2D eigenvalue weighted by molar-refractivity contribution is 6.10. The number of rotatable bonds is 6. The molecule has 0 aromatic heterocycles. The molecule has 0 saturated heterocycles. The van der Waals surface area contributed by atoms with Gasteiger partial charge in [0.1, 0.15) is 12.4 Å². The van der Waals surface area contributed by atoms with Crippen molar-refractivity contribution in [2.24, 2.45) is 0 Å². The van der Waals surface area contributed by atoms with Gasteiger partial charge < -0.3 is 14.4 Å². The van der Waals surface area contributed by atoms with E-state index in [1.807, 2.05) is 75.4 Å². The highest BCUT2D eigenvalue weighted by Crippen LogP contribution is 2.39. The van der Waals surface area contributed by atoms with Crippen molar-refractivity contribution < 1.29 is 19.1 Å². The third kappa shape index (κ3) is 5.16. The molecule has 3 aromatic carbocycles. The molecule has 2 amide bonds. The van der Waals surface area contributed by atoms with Crippen LogP contribution in [0.5, 0.6) is 5.75 Å². The second-order valence-electron chi connectivity index (χ2n) is 8.77. The Morgan fingerprint density at radius 3 is 2.20 bits per heavy atom. The molecule has 182 valence electrons. The Bertz CT molecular complexity index is 1190. The number of hydrogen-bond acceptors (Lipinski definition) is 4. The molecule has 0 bridgehead atoms. The van der Waals surface area contributed by atoms with Crippen molar-refractivity contribution in [3.05, 3.63) is 89.0 Å². The van der Waals surface area contributed by atoms with Gasteiger partial charge in [0.05, 0.1) is 24.0 Å². The SMILES string of the molecule is CCOC(=O)N1c2cc(C)c(C)cc2N(C(=O)c2ccc(OCc3ccccc3)cc2)CC1CC. The number of ether oxygens (including phenoxy) is 2. The highest BCUT2D eigenvalue weighted by Gasteiger charge is 2.37. The van der Waals surface area contributed by atoms with Crippen LogP contribution < -0.4 is 14.5 Å². The minimum Gasteiger partial charge on any atom is -0.489 e. The number of aryl methyl sites for hydroxylation is 2. The van der Waals surface area contributed by atoms with Gasteiger partial charge in [0, 0.05) is 12.1 Å². The van der Waals surface area contributed by atoms with Gasteiger partial charge in [-0.05, 0) is 80.3 Å². The van der Waals surface area contributed by atoms with Crippen LogP contribution in [0.1, 0.15) is 47.3 Å². The number of fused-ring (bicyclic) bond motifs is 1. The Hall–Kier alpha value is -3.80. The van der Waals surface area contributed by atoms with Crippen LogP contribution >= 0.6 is 0 Å². The third-order valence-electron chi connectivity index (χ3n) is 6.43. The molecular weight excluding hydrogens is 440 g/mol. The van der Waals surface area contributed by atoms with Crippen molar-refractivity contribution in [2.75, 3.05) is 23.0 Å². The zero-order chi connectivity index (χ0) is 24.9. The van der Waals surface area contributed by atoms with E-state index in [9.17, 15) is 9.59 Å². The smallest absolute Gasteiger partial charge is 0.414 e. The van der Waals surface area contributed by atoms with Gasteiger partial charge in [0.15, 0.2) is 0 Å². The van der Waals surface area contributed by atoms with Crippen LogP contribution in [0.4, 0.5) is 16.2 Å². The average Bonchev–Trinajstić information content (AvgIpc) is 2.88. The third-order valence-corrected chi connectivity index (χ3v) is 6.43. The molecular formula is C29H32N2O4. The van der Waals surface area contributed by atoms with Gasteiger partial charge in [-0.15, -0.1) is 0 Å². The molecule has 0 fully saturated rings. The lowest BCUT2D eigenvalue weighted by atomic mass is 9.99. The Balaban J connectivity index is 1.61. The normalized spacial score (nSPS) is 14.9. The van der Waals surface area contributed by atoms with E-state index in [0.717, 1.165) is 22.4 Å². The summed E-state index contributed by atoms with van der Waals surface area (Å²) in [5, 5.41) is 0. The minimum atomic E-state index is -0.379. The monoisotopic (exact) mass is 472 g/mol. The molecule has 0 radical (unpaired) electrons. The first-order valence-electron chi connectivity index (χ1n) is 12.1. The van der Waals surface area contributed by atoms with E-state index in [-0.39, 0.29) is 18.0 Å². The predicted octanol–water partition coefficient (Wildman–Crippen LogP) is 6.28. The lowest BCUT2D eigenvalue weighted by molar-refractivity contribution is 0.0981. The van der Waals surface area contributed by atoms with Crippen molar-refractivity contribution in [3.63, 3.8) is 0 Å². The van der Waals surface area contributed by atoms with Crippen molar-refractivity contribution in [1.82, 2.24) is 0 Å². The maximum Gasteiger partial charge on any atom is 0.414 e. The van der Waals surface area contributed by atoms with Crippen LogP contribution in [0, 0.1) is 13.8 Å². The standard InChI is InChI=1S/C29H32N2O4/c1-5-24-18-30(26-16-20(3)21(4)17-27(26)31(24)29(33)34-6-2)28(32)23-12-14-25(15-13-23)35-19-22-10-8-7-9-11-22/h7-17,24H,5-6,18-19H2,1-4H3. The Kier molecular flexibility index (Phi) is 7.39. The molecule has 0 spiro atoms. The first-order chi connectivity index (χ1) is 16.9. The first-order valence-corrected chi connectivity index (χ1v) is 12.1. The largest absolute Gasteiger partial charge is 0.489 e. The number of amides is 2. The van der Waals surface area contributed by atoms with Crippen LogP contribution in [0.15, 0.2) is 66.7 Å². The van der Waals surface area contributed by atoms with E-state index < -0.39 is 0 Å². The van der Waals surface area contributed by atoms with Crippen molar-refractivity contribution in [3.8, 4) is 5.75 Å². The number of carbonyl (C=O) groups is 2. The molecule has 1 unspecified atom stereocenters. The van der Waals surface area contributed by atoms with Crippen LogP contribution in [-0.4, -0.2) is 31.2 Å². The summed E-state index contributed by atoms with van der Waals surface area (Å²) in [6.45, 7) is 9.00. The lowest BCUT2D eigenvalue weighted by Gasteiger charge is -2.42. The van der Waals surface area contributed by atoms with Gasteiger partial charge >= 0.3 is 6.09 Å². The molecule has 0 saturated carbocycles. The van der Waals surface area contributed by atoms with Gasteiger partial charge in [-0.3, -0.25) is 9.69 Å². The molecule has 6 heteroatoms. The Morgan fingerprint density at radius 1 is 0.914 bits per heavy atom. The van der Waals surface area contributed by atoms with Crippen LogP contribution in [0.3, 0.4) is 0 Å². The summed E-state index contributed by atoms with van der Waals surface area (Å²) in [7, 11) is 0. The molecule has 0 N–H and O–H groups in total. The molecule has 1 heterocycles. The summed E-state index contributed by atoms with van der Waals surface area (Å²) in [4.78, 5) is 30.0. The predicted molar refractivity (Wildman–Crippen MR) is 138 cm³/mol. The van der Waals surface area contributed by atoms with E-state index >= 15 is 0 Å². The van der Waals surface area contributed by atoms with E-state index in [1.165, 1.54) is 0 Å². The van der Waals surface area contributed by atoms with E-state index in [4.69, 9.17) is 9.47 Å². The Labute approximate surface area is 207 Å². The molecule has 3 aromatic rings. The van der Waals surface area contributed by atoms with Gasteiger partial charge in [-0.25, -0.2) is 4.79 Å². The van der Waals surface area contributed by atoms with E-state index in [1.54, 1.807) is 28.9 Å². The summed E-state index contributed by atoms with van der Waals surface area (Å²) >= 11 is 0. The lowest BCUT2D eigenvalue weighted by Crippen LogP contribution is -2.53. The maximum atomic E-state index is 13.7. The topological polar surface area (TPSA) is 59.1 Å². The van der Waals surface area contributed by atoms with Gasteiger partial charge in [-0.2, -0.15) is 0 Å². The van der Waals surface area contributed by atoms with Crippen molar-refractivity contribution in [1.29, 1.82) is 0 Å². The summed E-state index contributed by atoms with van der Waals surface area (Å²) in [6.07, 6.45) is 0.317. The van der Waals surface area contributed by atoms with Gasteiger partial charge in [0.2, 0.25) is 0 Å². The number of nitrogens with zero attached hydrogens (tertiary/aromatic N) is 2. The fourth-order valence-corrected chi connectivity index (χ4v) is 4.32. The summed E-state index contributed by atoms with van der Waals surface area (Å²) < 4.78 is 11.2. The summed E-state index contributed by atoms with van der Waals surface area (Å²) in [5.41, 5.74) is 5.20. The molecule has 1 aliphatic heterocycles. The second kappa shape index (κ2) is 10.6. The molecule has 1 atom stereocenters. The average molecular weight is 473 g/mol. The van der Waals surface area contributed by atoms with Gasteiger partial charge in [0.25, 0.3) is 5.91 Å². The zero-order valence-electron chi connectivity index (χ0n) is 20.8. The number of carbonyl (C=O) groups excluding carboxylic acids is 2. The zero-order valence-corrected chi connectivity index (χ0v) is 20.8. The van der Waals surface area contributed by atoms with Crippen molar-refractivity contribution >= 4 is 23.4 Å². The maximum absolute atomic E-state index is 13.7. The van der Waals surface area contributed by atoms with Crippen LogP contribution in [0.25, 0.3) is 0 Å². The summed E-state index contributed by atoms with van der Waals surface area (Å²) in [6, 6.07) is 21.0. The van der Waals surface area contributed by atoms with Crippen molar-refractivity contribution in [2.45, 2.75) is 46.8 Å². The highest BCUT2D eigenvalue weighted by atomic mass is 16.6. The first kappa shape index (κ1) is 24.3. The van der Waals surface area contributed by atoms with Crippen LogP contribution in [-0.2, 0) is 11.3 Å². The van der Waals surface area contributed by atoms with Gasteiger partial charge in [-0.1, -0.05) is 37.3 Å². The fourth-order valence-electron chi connectivity index (χ4n) is 4.32. The van der Waals surface area contributed by atoms with Crippen LogP contribution in [0.2, 0.25) is 0 Å².